The number of nitrogens with zero attached hydrogens (tertiary/aromatic N) is 5. The molecule has 15 heteroatoms. The summed E-state index contributed by atoms with van der Waals surface area (Å²) in [4.78, 5) is 18.9. The number of rotatable bonds is 15. The first kappa shape index (κ1) is 34.7. The van der Waals surface area contributed by atoms with Gasteiger partial charge in [-0.2, -0.15) is 9.97 Å². The second-order valence-corrected chi connectivity index (χ2v) is 13.8. The van der Waals surface area contributed by atoms with E-state index < -0.39 is 10.0 Å². The molecule has 4 rings (SSSR count). The lowest BCUT2D eigenvalue weighted by Crippen LogP contribution is -2.21. The Hall–Kier alpha value is -4.21. The van der Waals surface area contributed by atoms with Crippen LogP contribution in [0.4, 0.5) is 5.82 Å². The lowest BCUT2D eigenvalue weighted by atomic mass is 9.87. The van der Waals surface area contributed by atoms with Gasteiger partial charge in [-0.05, 0) is 65.3 Å². The van der Waals surface area contributed by atoms with Gasteiger partial charge < -0.3 is 28.6 Å². The van der Waals surface area contributed by atoms with E-state index in [4.69, 9.17) is 23.7 Å². The zero-order valence-electron chi connectivity index (χ0n) is 26.5. The van der Waals surface area contributed by atoms with Crippen molar-refractivity contribution in [2.24, 2.45) is 0 Å². The number of ether oxygens (including phenoxy) is 5. The molecule has 0 saturated heterocycles. The van der Waals surface area contributed by atoms with E-state index in [9.17, 15) is 8.42 Å². The van der Waals surface area contributed by atoms with E-state index in [2.05, 4.69) is 40.6 Å². The fourth-order valence-corrected chi connectivity index (χ4v) is 5.04. The maximum Gasteiger partial charge on any atom is 0.322 e. The predicted molar refractivity (Wildman–Crippen MR) is 176 cm³/mol. The van der Waals surface area contributed by atoms with Crippen molar-refractivity contribution >= 4 is 31.8 Å². The molecule has 46 heavy (non-hydrogen) atoms. The van der Waals surface area contributed by atoms with Gasteiger partial charge in [0.25, 0.3) is 15.9 Å². The van der Waals surface area contributed by atoms with Gasteiger partial charge in [0.2, 0.25) is 5.75 Å². The van der Waals surface area contributed by atoms with Crippen LogP contribution in [0.3, 0.4) is 0 Å². The quantitative estimate of drug-likeness (QED) is 0.159. The number of benzene rings is 2. The zero-order valence-corrected chi connectivity index (χ0v) is 28.9. The normalized spacial score (nSPS) is 11.7. The maximum absolute atomic E-state index is 13.7. The lowest BCUT2D eigenvalue weighted by molar-refractivity contribution is 0.192. The van der Waals surface area contributed by atoms with E-state index in [-0.39, 0.29) is 65.3 Å². The van der Waals surface area contributed by atoms with E-state index in [0.29, 0.717) is 16.8 Å². The molecule has 13 nitrogen and oxygen atoms in total. The molecule has 0 fully saturated rings. The Balaban J connectivity index is 1.72. The summed E-state index contributed by atoms with van der Waals surface area (Å²) in [7, 11) is 1.12. The van der Waals surface area contributed by atoms with Crippen LogP contribution in [-0.4, -0.2) is 80.8 Å². The minimum Gasteiger partial charge on any atom is -0.493 e. The molecule has 0 amide bonds. The molecule has 246 valence electrons. The molecule has 2 heterocycles. The Kier molecular flexibility index (Phi) is 11.6. The summed E-state index contributed by atoms with van der Waals surface area (Å²) >= 11 is 3.28. The Labute approximate surface area is 277 Å². The number of aromatic nitrogens is 4. The molecule has 1 N–H and O–H groups in total. The van der Waals surface area contributed by atoms with Crippen molar-refractivity contribution in [3.8, 4) is 35.1 Å². The van der Waals surface area contributed by atoms with Gasteiger partial charge in [0.1, 0.15) is 19.8 Å². The first-order valence-electron chi connectivity index (χ1n) is 14.2. The predicted octanol–water partition coefficient (Wildman–Crippen LogP) is 5.33. The highest BCUT2D eigenvalue weighted by Crippen LogP contribution is 2.41. The fourth-order valence-electron chi connectivity index (χ4n) is 3.83. The third-order valence-corrected chi connectivity index (χ3v) is 8.04. The van der Waals surface area contributed by atoms with Crippen LogP contribution < -0.4 is 28.4 Å². The highest BCUT2D eigenvalue weighted by Gasteiger charge is 2.26. The summed E-state index contributed by atoms with van der Waals surface area (Å²) in [6.45, 7) is 6.94. The number of likely N-dealkylation sites (N-methyl/N-ethyl adjacent to an activating group) is 1. The zero-order chi connectivity index (χ0) is 33.3. The van der Waals surface area contributed by atoms with E-state index in [1.54, 1.807) is 48.8 Å². The number of hydrogen-bond donors (Lipinski definition) is 1. The highest BCUT2D eigenvalue weighted by molar-refractivity contribution is 9.10. The molecule has 4 aromatic rings. The molecule has 0 atom stereocenters. The van der Waals surface area contributed by atoms with Gasteiger partial charge in [0.15, 0.2) is 17.3 Å². The van der Waals surface area contributed by atoms with Gasteiger partial charge >= 0.3 is 12.0 Å². The van der Waals surface area contributed by atoms with Crippen molar-refractivity contribution in [1.82, 2.24) is 24.8 Å². The van der Waals surface area contributed by atoms with Crippen LogP contribution in [0.1, 0.15) is 26.3 Å². The van der Waals surface area contributed by atoms with Gasteiger partial charge in [0, 0.05) is 18.9 Å². The minimum absolute atomic E-state index is 0.0304. The molecular formula is C31H37BrN6O7S. The third kappa shape index (κ3) is 9.64. The van der Waals surface area contributed by atoms with Gasteiger partial charge in [-0.25, -0.2) is 18.4 Å². The van der Waals surface area contributed by atoms with Gasteiger partial charge in [0.05, 0.1) is 16.5 Å². The van der Waals surface area contributed by atoms with Gasteiger partial charge in [-0.15, -0.1) is 0 Å². The van der Waals surface area contributed by atoms with Crippen LogP contribution in [0, 0.1) is 0 Å². The molecule has 0 aliphatic rings. The van der Waals surface area contributed by atoms with E-state index in [1.165, 1.54) is 19.2 Å². The summed E-state index contributed by atoms with van der Waals surface area (Å²) in [5.41, 5.74) is 0.827. The van der Waals surface area contributed by atoms with E-state index in [0.717, 1.165) is 5.56 Å². The summed E-state index contributed by atoms with van der Waals surface area (Å²) in [6, 6.07) is 13.5. The number of nitrogens with one attached hydrogen (secondary N) is 1. The average molecular weight is 718 g/mol. The van der Waals surface area contributed by atoms with Crippen LogP contribution in [0.25, 0.3) is 0 Å². The van der Waals surface area contributed by atoms with Crippen LogP contribution in [0.5, 0.6) is 35.1 Å². The van der Waals surface area contributed by atoms with E-state index >= 15 is 0 Å². The van der Waals surface area contributed by atoms with Crippen molar-refractivity contribution in [2.75, 3.05) is 52.3 Å². The number of methoxy groups -OCH3 is 1. The summed E-state index contributed by atoms with van der Waals surface area (Å²) in [5, 5.41) is 0. The lowest BCUT2D eigenvalue weighted by Gasteiger charge is -2.20. The Bertz CT molecular complexity index is 1700. The molecule has 2 aromatic heterocycles. The molecular weight excluding hydrogens is 680 g/mol. The summed E-state index contributed by atoms with van der Waals surface area (Å²) < 4.78 is 59.6. The standard InChI is InChI=1S/C31H37BrN6O7S/c1-31(2,3)21-11-13-23(14-12-21)46(39,40)37-27-26(45-25-10-8-7-9-24(25)41-6)28(36-30(35-27)43-16-15-38(4)5)42-17-18-44-29-33-19-22(32)20-34-29/h7-14,19-20H,15-18H2,1-6H3,(H,35,36,37). The number of hydrogen-bond acceptors (Lipinski definition) is 12. The SMILES string of the molecule is COc1ccccc1Oc1c(NS(=O)(=O)c2ccc(C(C)(C)C)cc2)nc(OCCN(C)C)nc1OCCOc1ncc(Br)cn1. The topological polar surface area (TPSA) is 147 Å². The molecule has 2 aromatic carbocycles. The third-order valence-electron chi connectivity index (χ3n) is 6.28. The molecule has 0 saturated carbocycles. The first-order valence-corrected chi connectivity index (χ1v) is 16.5. The molecule has 0 unspecified atom stereocenters. The smallest absolute Gasteiger partial charge is 0.322 e. The summed E-state index contributed by atoms with van der Waals surface area (Å²) in [6.07, 6.45) is 3.11. The molecule has 0 radical (unpaired) electrons. The van der Waals surface area contributed by atoms with Crippen LogP contribution >= 0.6 is 15.9 Å². The van der Waals surface area contributed by atoms with Crippen molar-refractivity contribution in [3.63, 3.8) is 0 Å². The highest BCUT2D eigenvalue weighted by atomic mass is 79.9. The van der Waals surface area contributed by atoms with Crippen LogP contribution in [0.15, 0.2) is 70.3 Å². The second kappa shape index (κ2) is 15.4. The Morgan fingerprint density at radius 2 is 1.48 bits per heavy atom. The minimum atomic E-state index is -4.15. The Morgan fingerprint density at radius 3 is 2.11 bits per heavy atom. The molecule has 0 aliphatic carbocycles. The molecule has 0 spiro atoms. The van der Waals surface area contributed by atoms with E-state index in [1.807, 2.05) is 39.8 Å². The number of sulfonamides is 1. The number of halogens is 1. The fraction of sp³-hybridized carbons (Fsp3) is 0.355. The van der Waals surface area contributed by atoms with Crippen molar-refractivity contribution in [1.29, 1.82) is 0 Å². The monoisotopic (exact) mass is 716 g/mol. The number of anilines is 1. The average Bonchev–Trinajstić information content (AvgIpc) is 3.01. The van der Waals surface area contributed by atoms with Crippen molar-refractivity contribution < 1.29 is 32.1 Å². The summed E-state index contributed by atoms with van der Waals surface area (Å²) in [5.74, 6) is 0.255. The van der Waals surface area contributed by atoms with Crippen molar-refractivity contribution in [3.05, 3.63) is 71.0 Å². The molecule has 0 aliphatic heterocycles. The number of para-hydroxylation sites is 2. The Morgan fingerprint density at radius 1 is 0.848 bits per heavy atom. The maximum atomic E-state index is 13.7. The largest absolute Gasteiger partial charge is 0.493 e. The van der Waals surface area contributed by atoms with Crippen LogP contribution in [-0.2, 0) is 15.4 Å². The van der Waals surface area contributed by atoms with Crippen LogP contribution in [0.2, 0.25) is 0 Å². The van der Waals surface area contributed by atoms with Crippen molar-refractivity contribution in [2.45, 2.75) is 31.1 Å². The second-order valence-electron chi connectivity index (χ2n) is 11.2. The van der Waals surface area contributed by atoms with Gasteiger partial charge in [-0.3, -0.25) is 4.72 Å². The molecule has 0 bridgehead atoms. The first-order chi connectivity index (χ1) is 21.9. The van der Waals surface area contributed by atoms with Gasteiger partial charge in [-0.1, -0.05) is 45.0 Å².